The van der Waals surface area contributed by atoms with E-state index in [-0.39, 0.29) is 24.9 Å². The molecule has 2 atom stereocenters. The van der Waals surface area contributed by atoms with Gasteiger partial charge in [-0.05, 0) is 52.0 Å². The van der Waals surface area contributed by atoms with Crippen LogP contribution in [-0.2, 0) is 11.8 Å². The van der Waals surface area contributed by atoms with Gasteiger partial charge < -0.3 is 25.3 Å². The molecule has 12 heteroatoms. The molecule has 1 aromatic carbocycles. The molecule has 2 aliphatic rings. The molecule has 0 spiro atoms. The lowest BCUT2D eigenvalue weighted by Crippen LogP contribution is -2.49. The number of rotatable bonds is 7. The molecule has 41 heavy (non-hydrogen) atoms. The van der Waals surface area contributed by atoms with Crippen LogP contribution in [0.5, 0.6) is 5.88 Å². The van der Waals surface area contributed by atoms with Gasteiger partial charge in [0.1, 0.15) is 11.4 Å². The number of methoxy groups -OCH3 is 1. The van der Waals surface area contributed by atoms with E-state index in [1.54, 1.807) is 31.1 Å². The van der Waals surface area contributed by atoms with Crippen molar-refractivity contribution in [2.75, 3.05) is 44.4 Å². The summed E-state index contributed by atoms with van der Waals surface area (Å²) in [6.07, 6.45) is 7.42. The first-order chi connectivity index (χ1) is 19.7. The highest BCUT2D eigenvalue weighted by Gasteiger charge is 2.47. The van der Waals surface area contributed by atoms with Crippen LogP contribution in [0.15, 0.2) is 42.9 Å². The largest absolute Gasteiger partial charge is 0.478 e. The summed E-state index contributed by atoms with van der Waals surface area (Å²) < 4.78 is 22.2. The molecule has 0 bridgehead atoms. The van der Waals surface area contributed by atoms with Crippen LogP contribution in [0.2, 0.25) is 0 Å². The first-order valence-electron chi connectivity index (χ1n) is 13.9. The maximum Gasteiger partial charge on any atom is 0.256 e. The van der Waals surface area contributed by atoms with Gasteiger partial charge in [-0.1, -0.05) is 12.1 Å². The van der Waals surface area contributed by atoms with Crippen molar-refractivity contribution in [1.82, 2.24) is 34.5 Å². The van der Waals surface area contributed by atoms with Crippen LogP contribution in [0.1, 0.15) is 26.2 Å². The predicted molar refractivity (Wildman–Crippen MR) is 156 cm³/mol. The Morgan fingerprint density at radius 1 is 1.20 bits per heavy atom. The van der Waals surface area contributed by atoms with Gasteiger partial charge >= 0.3 is 0 Å². The number of alkyl halides is 1. The summed E-state index contributed by atoms with van der Waals surface area (Å²) in [5.41, 5.74) is 2.27. The van der Waals surface area contributed by atoms with Gasteiger partial charge in [-0.3, -0.25) is 14.4 Å². The molecule has 4 aromatic rings. The zero-order valence-electron chi connectivity index (χ0n) is 23.8. The van der Waals surface area contributed by atoms with Gasteiger partial charge in [-0.25, -0.2) is 14.4 Å². The number of halogens is 1. The fraction of sp³-hybridized carbons (Fsp3) is 0.448. The second-order valence-corrected chi connectivity index (χ2v) is 11.4. The Labute approximate surface area is 238 Å². The number of H-pyrrole nitrogens is 1. The number of nitrogens with one attached hydrogen (secondary N) is 3. The molecule has 5 heterocycles. The van der Waals surface area contributed by atoms with E-state index in [0.717, 1.165) is 42.4 Å². The maximum atomic E-state index is 15.2. The Morgan fingerprint density at radius 2 is 2.00 bits per heavy atom. The van der Waals surface area contributed by atoms with Gasteiger partial charge in [0.15, 0.2) is 0 Å². The molecule has 2 saturated heterocycles. The fourth-order valence-electron chi connectivity index (χ4n) is 6.11. The number of aromatic amines is 1. The molecular weight excluding hydrogens is 525 g/mol. The summed E-state index contributed by atoms with van der Waals surface area (Å²) in [6, 6.07) is 7.28. The molecule has 2 fully saturated rings. The van der Waals surface area contributed by atoms with Crippen LogP contribution in [0.4, 0.5) is 21.7 Å². The second-order valence-electron chi connectivity index (χ2n) is 11.4. The van der Waals surface area contributed by atoms with Crippen LogP contribution in [-0.4, -0.2) is 92.0 Å². The quantitative estimate of drug-likeness (QED) is 0.311. The SMILES string of the molecule is COc1nn(C)cc1Nc1nccc(-c2c[nH]c3c(NC(=O)[C@H]4CC(C)(F)CN4C4CCN(C)CC4)cccc23)n1. The number of para-hydroxylation sites is 1. The van der Waals surface area contributed by atoms with Gasteiger partial charge in [0.2, 0.25) is 11.9 Å². The number of likely N-dealkylation sites (tertiary alicyclic amines) is 2. The molecule has 3 N–H and O–H groups in total. The van der Waals surface area contributed by atoms with Crippen molar-refractivity contribution >= 4 is 34.1 Å². The first-order valence-corrected chi connectivity index (χ1v) is 13.9. The van der Waals surface area contributed by atoms with Crippen molar-refractivity contribution < 1.29 is 13.9 Å². The lowest BCUT2D eigenvalue weighted by Gasteiger charge is -2.37. The third kappa shape index (κ3) is 5.49. The van der Waals surface area contributed by atoms with Crippen molar-refractivity contribution in [3.05, 3.63) is 42.9 Å². The fourth-order valence-corrected chi connectivity index (χ4v) is 6.11. The molecule has 2 aliphatic heterocycles. The molecular formula is C29H36FN9O2. The van der Waals surface area contributed by atoms with Crippen LogP contribution in [0.3, 0.4) is 0 Å². The number of aromatic nitrogens is 5. The Bertz CT molecular complexity index is 1560. The number of ether oxygens (including phenoxy) is 1. The van der Waals surface area contributed by atoms with E-state index in [0.29, 0.717) is 28.9 Å². The normalized spacial score (nSPS) is 22.3. The number of hydrogen-bond acceptors (Lipinski definition) is 8. The average Bonchev–Trinajstić information content (AvgIpc) is 3.64. The Balaban J connectivity index is 1.24. The molecule has 216 valence electrons. The smallest absolute Gasteiger partial charge is 0.256 e. The molecule has 11 nitrogen and oxygen atoms in total. The third-order valence-electron chi connectivity index (χ3n) is 8.13. The Hall–Kier alpha value is -4.03. The van der Waals surface area contributed by atoms with Crippen molar-refractivity contribution in [3.8, 4) is 17.1 Å². The number of piperidine rings is 1. The minimum Gasteiger partial charge on any atom is -0.478 e. The number of aryl methyl sites for hydroxylation is 1. The lowest BCUT2D eigenvalue weighted by atomic mass is 10.0. The van der Waals surface area contributed by atoms with Crippen molar-refractivity contribution in [1.29, 1.82) is 0 Å². The van der Waals surface area contributed by atoms with Crippen LogP contribution in [0.25, 0.3) is 22.2 Å². The minimum atomic E-state index is -1.39. The summed E-state index contributed by atoms with van der Waals surface area (Å²) in [7, 11) is 5.47. The Morgan fingerprint density at radius 3 is 2.78 bits per heavy atom. The summed E-state index contributed by atoms with van der Waals surface area (Å²) >= 11 is 0. The Kier molecular flexibility index (Phi) is 7.12. The third-order valence-corrected chi connectivity index (χ3v) is 8.13. The summed E-state index contributed by atoms with van der Waals surface area (Å²) in [6.45, 7) is 3.80. The number of benzene rings is 1. The summed E-state index contributed by atoms with van der Waals surface area (Å²) in [5.74, 6) is 0.670. The van der Waals surface area contributed by atoms with E-state index in [1.807, 2.05) is 37.5 Å². The predicted octanol–water partition coefficient (Wildman–Crippen LogP) is 3.95. The lowest BCUT2D eigenvalue weighted by molar-refractivity contribution is -0.121. The highest BCUT2D eigenvalue weighted by Crippen LogP contribution is 2.36. The minimum absolute atomic E-state index is 0.173. The van der Waals surface area contributed by atoms with Crippen LogP contribution in [0, 0.1) is 0 Å². The van der Waals surface area contributed by atoms with Crippen molar-refractivity contribution in [2.45, 2.75) is 43.9 Å². The first kappa shape index (κ1) is 27.2. The number of carbonyl (C=O) groups is 1. The van der Waals surface area contributed by atoms with Crippen LogP contribution >= 0.6 is 0 Å². The molecule has 1 amide bonds. The zero-order valence-corrected chi connectivity index (χ0v) is 23.8. The van der Waals surface area contributed by atoms with E-state index in [2.05, 4.69) is 42.5 Å². The van der Waals surface area contributed by atoms with Gasteiger partial charge in [0.05, 0.1) is 36.2 Å². The molecule has 0 saturated carbocycles. The summed E-state index contributed by atoms with van der Waals surface area (Å²) in [4.78, 5) is 30.4. The van der Waals surface area contributed by atoms with Gasteiger partial charge in [-0.2, -0.15) is 0 Å². The number of carbonyl (C=O) groups excluding carboxylic acids is 1. The van der Waals surface area contributed by atoms with E-state index in [4.69, 9.17) is 9.72 Å². The monoisotopic (exact) mass is 561 g/mol. The van der Waals surface area contributed by atoms with E-state index in [1.165, 1.54) is 0 Å². The maximum absolute atomic E-state index is 15.2. The highest BCUT2D eigenvalue weighted by atomic mass is 19.1. The van der Waals surface area contributed by atoms with Gasteiger partial charge in [0.25, 0.3) is 5.88 Å². The average molecular weight is 562 g/mol. The number of nitrogens with zero attached hydrogens (tertiary/aromatic N) is 6. The number of hydrogen-bond donors (Lipinski definition) is 3. The van der Waals surface area contributed by atoms with Gasteiger partial charge in [0, 0.05) is 49.4 Å². The standard InChI is InChI=1S/C29H36FN9O2/c1-29(30)14-24(39(17-29)18-9-12-37(2)13-10-18)26(40)33-22-7-5-6-19-20(15-32-25(19)22)21-8-11-31-28(34-21)35-23-16-38(3)36-27(23)41-4/h5-8,11,15-16,18,24,32H,9-10,12-14,17H2,1-4H3,(H,33,40)(H,31,34,35)/t24-,29?/m1/s1. The molecule has 1 unspecified atom stereocenters. The van der Waals surface area contributed by atoms with E-state index >= 15 is 4.39 Å². The number of amides is 1. The molecule has 0 aliphatic carbocycles. The van der Waals surface area contributed by atoms with Gasteiger partial charge in [-0.15, -0.1) is 5.10 Å². The highest BCUT2D eigenvalue weighted by molar-refractivity contribution is 6.06. The number of anilines is 3. The topological polar surface area (TPSA) is 116 Å². The molecule has 0 radical (unpaired) electrons. The summed E-state index contributed by atoms with van der Waals surface area (Å²) in [5, 5.41) is 11.4. The molecule has 3 aromatic heterocycles. The van der Waals surface area contributed by atoms with E-state index in [9.17, 15) is 4.79 Å². The second kappa shape index (κ2) is 10.7. The van der Waals surface area contributed by atoms with Crippen molar-refractivity contribution in [3.63, 3.8) is 0 Å². The van der Waals surface area contributed by atoms with E-state index < -0.39 is 11.7 Å². The molecule has 6 rings (SSSR count). The van der Waals surface area contributed by atoms with Crippen molar-refractivity contribution in [2.24, 2.45) is 7.05 Å². The van der Waals surface area contributed by atoms with Crippen LogP contribution < -0.4 is 15.4 Å². The number of fused-ring (bicyclic) bond motifs is 1. The zero-order chi connectivity index (χ0) is 28.7.